The summed E-state index contributed by atoms with van der Waals surface area (Å²) in [5, 5.41) is 0. The fourth-order valence-corrected chi connectivity index (χ4v) is 4.32. The number of aryl methyl sites for hydroxylation is 2. The van der Waals surface area contributed by atoms with Crippen LogP contribution in [0.4, 0.5) is 11.8 Å². The maximum Gasteiger partial charge on any atom is 0.243 e. The highest BCUT2D eigenvalue weighted by molar-refractivity contribution is 7.89. The number of anilines is 2. The number of hydrogen-bond donors (Lipinski definition) is 0. The molecule has 0 saturated carbocycles. The van der Waals surface area contributed by atoms with Gasteiger partial charge >= 0.3 is 0 Å². The van der Waals surface area contributed by atoms with Crippen molar-refractivity contribution in [2.24, 2.45) is 0 Å². The van der Waals surface area contributed by atoms with Crippen LogP contribution in [0.2, 0.25) is 0 Å². The highest BCUT2D eigenvalue weighted by Gasteiger charge is 2.29. The van der Waals surface area contributed by atoms with Gasteiger partial charge in [0.05, 0.1) is 4.90 Å². The molecule has 0 bridgehead atoms. The first-order valence-electron chi connectivity index (χ1n) is 8.62. The Morgan fingerprint density at radius 1 is 0.962 bits per heavy atom. The summed E-state index contributed by atoms with van der Waals surface area (Å²) >= 11 is 0. The molecular formula is C18H25N5O2S. The van der Waals surface area contributed by atoms with Crippen LogP contribution in [-0.2, 0) is 10.0 Å². The Morgan fingerprint density at radius 2 is 1.58 bits per heavy atom. The van der Waals surface area contributed by atoms with Crippen molar-refractivity contribution < 1.29 is 8.42 Å². The van der Waals surface area contributed by atoms with Gasteiger partial charge in [-0.25, -0.2) is 13.4 Å². The Hall–Kier alpha value is -2.19. The van der Waals surface area contributed by atoms with Crippen LogP contribution < -0.4 is 9.80 Å². The first-order valence-corrected chi connectivity index (χ1v) is 10.1. The van der Waals surface area contributed by atoms with Crippen molar-refractivity contribution in [2.45, 2.75) is 18.7 Å². The number of rotatable bonds is 4. The molecule has 2 heterocycles. The minimum Gasteiger partial charge on any atom is -0.363 e. The van der Waals surface area contributed by atoms with Crippen molar-refractivity contribution in [1.82, 2.24) is 14.3 Å². The van der Waals surface area contributed by atoms with Gasteiger partial charge < -0.3 is 9.80 Å². The van der Waals surface area contributed by atoms with E-state index in [0.717, 1.165) is 17.1 Å². The van der Waals surface area contributed by atoms with Crippen molar-refractivity contribution in [3.8, 4) is 0 Å². The van der Waals surface area contributed by atoms with E-state index in [9.17, 15) is 8.42 Å². The summed E-state index contributed by atoms with van der Waals surface area (Å²) in [6, 6.07) is 8.93. The van der Waals surface area contributed by atoms with E-state index in [2.05, 4.69) is 9.97 Å². The molecule has 0 N–H and O–H groups in total. The van der Waals surface area contributed by atoms with Gasteiger partial charge in [-0.3, -0.25) is 0 Å². The third kappa shape index (κ3) is 3.81. The third-order valence-electron chi connectivity index (χ3n) is 4.47. The average molecular weight is 375 g/mol. The Bertz CT molecular complexity index is 873. The Morgan fingerprint density at radius 3 is 2.15 bits per heavy atom. The van der Waals surface area contributed by atoms with E-state index in [-0.39, 0.29) is 0 Å². The highest BCUT2D eigenvalue weighted by Crippen LogP contribution is 2.21. The molecular weight excluding hydrogens is 350 g/mol. The van der Waals surface area contributed by atoms with Gasteiger partial charge in [0.1, 0.15) is 5.82 Å². The maximum atomic E-state index is 12.8. The number of nitrogens with zero attached hydrogens (tertiary/aromatic N) is 5. The molecule has 3 rings (SSSR count). The molecule has 7 nitrogen and oxygen atoms in total. The molecule has 0 radical (unpaired) electrons. The topological polar surface area (TPSA) is 69.6 Å². The minimum atomic E-state index is -3.46. The van der Waals surface area contributed by atoms with Crippen molar-refractivity contribution in [3.05, 3.63) is 41.6 Å². The lowest BCUT2D eigenvalue weighted by Gasteiger charge is -2.34. The van der Waals surface area contributed by atoms with Gasteiger partial charge in [-0.2, -0.15) is 9.29 Å². The third-order valence-corrected chi connectivity index (χ3v) is 6.38. The second-order valence-electron chi connectivity index (χ2n) is 6.77. The van der Waals surface area contributed by atoms with E-state index in [0.29, 0.717) is 37.0 Å². The van der Waals surface area contributed by atoms with Gasteiger partial charge in [0.15, 0.2) is 0 Å². The van der Waals surface area contributed by atoms with Crippen LogP contribution >= 0.6 is 0 Å². The lowest BCUT2D eigenvalue weighted by atomic mass is 10.2. The molecule has 140 valence electrons. The smallest absolute Gasteiger partial charge is 0.243 e. The van der Waals surface area contributed by atoms with E-state index < -0.39 is 10.0 Å². The summed E-state index contributed by atoms with van der Waals surface area (Å²) < 4.78 is 27.2. The molecule has 1 aliphatic heterocycles. The van der Waals surface area contributed by atoms with E-state index in [1.807, 2.05) is 55.9 Å². The van der Waals surface area contributed by atoms with E-state index >= 15 is 0 Å². The van der Waals surface area contributed by atoms with Crippen LogP contribution in [0, 0.1) is 13.8 Å². The number of aromatic nitrogens is 2. The molecule has 0 amide bonds. The number of hydrogen-bond acceptors (Lipinski definition) is 6. The average Bonchev–Trinajstić information content (AvgIpc) is 2.61. The predicted molar refractivity (Wildman–Crippen MR) is 103 cm³/mol. The van der Waals surface area contributed by atoms with E-state index in [4.69, 9.17) is 0 Å². The Kier molecular flexibility index (Phi) is 5.15. The molecule has 1 aliphatic rings. The van der Waals surface area contributed by atoms with Crippen LogP contribution in [-0.4, -0.2) is 63.0 Å². The molecule has 0 unspecified atom stereocenters. The van der Waals surface area contributed by atoms with Crippen LogP contribution in [0.15, 0.2) is 35.2 Å². The summed E-state index contributed by atoms with van der Waals surface area (Å²) in [5.41, 5.74) is 1.94. The summed E-state index contributed by atoms with van der Waals surface area (Å²) in [6.45, 7) is 5.87. The van der Waals surface area contributed by atoms with Crippen molar-refractivity contribution in [2.75, 3.05) is 50.1 Å². The maximum absolute atomic E-state index is 12.8. The zero-order chi connectivity index (χ0) is 18.9. The summed E-state index contributed by atoms with van der Waals surface area (Å²) in [5.74, 6) is 1.50. The van der Waals surface area contributed by atoms with Gasteiger partial charge in [-0.1, -0.05) is 17.7 Å². The van der Waals surface area contributed by atoms with Crippen molar-refractivity contribution >= 4 is 21.8 Å². The monoisotopic (exact) mass is 375 g/mol. The van der Waals surface area contributed by atoms with Crippen LogP contribution in [0.3, 0.4) is 0 Å². The SMILES string of the molecule is Cc1ccc(S(=O)(=O)N2CCN(c3nc(C)cc(N(C)C)n3)CC2)cc1. The van der Waals surface area contributed by atoms with Crippen LogP contribution in [0.25, 0.3) is 0 Å². The molecule has 1 aromatic carbocycles. The zero-order valence-corrected chi connectivity index (χ0v) is 16.5. The largest absolute Gasteiger partial charge is 0.363 e. The minimum absolute atomic E-state index is 0.346. The molecule has 2 aromatic rings. The molecule has 26 heavy (non-hydrogen) atoms. The van der Waals surface area contributed by atoms with Crippen molar-refractivity contribution in [3.63, 3.8) is 0 Å². The normalized spacial score (nSPS) is 15.9. The molecule has 1 saturated heterocycles. The quantitative estimate of drug-likeness (QED) is 0.810. The summed E-state index contributed by atoms with van der Waals surface area (Å²) in [4.78, 5) is 13.4. The van der Waals surface area contributed by atoms with Crippen LogP contribution in [0.1, 0.15) is 11.3 Å². The van der Waals surface area contributed by atoms with E-state index in [1.165, 1.54) is 4.31 Å². The first-order chi connectivity index (χ1) is 12.3. The number of sulfonamides is 1. The van der Waals surface area contributed by atoms with Crippen molar-refractivity contribution in [1.29, 1.82) is 0 Å². The van der Waals surface area contributed by atoms with E-state index in [1.54, 1.807) is 12.1 Å². The van der Waals surface area contributed by atoms with Crippen LogP contribution in [0.5, 0.6) is 0 Å². The lowest BCUT2D eigenvalue weighted by Crippen LogP contribution is -2.49. The standard InChI is InChI=1S/C18H25N5O2S/c1-14-5-7-16(8-6-14)26(24,25)23-11-9-22(10-12-23)18-19-15(2)13-17(20-18)21(3)4/h5-8,13H,9-12H2,1-4H3. The number of benzene rings is 1. The Balaban J connectivity index is 1.74. The Labute approximate surface area is 155 Å². The fourth-order valence-electron chi connectivity index (χ4n) is 2.89. The van der Waals surface area contributed by atoms with Gasteiger partial charge in [0.2, 0.25) is 16.0 Å². The predicted octanol–water partition coefficient (Wildman–Crippen LogP) is 1.67. The first kappa shape index (κ1) is 18.6. The molecule has 0 spiro atoms. The molecule has 1 aromatic heterocycles. The van der Waals surface area contributed by atoms with Gasteiger partial charge in [0, 0.05) is 52.0 Å². The second-order valence-corrected chi connectivity index (χ2v) is 8.70. The molecule has 0 aliphatic carbocycles. The summed E-state index contributed by atoms with van der Waals surface area (Å²) in [7, 11) is 0.428. The highest BCUT2D eigenvalue weighted by atomic mass is 32.2. The van der Waals surface area contributed by atoms with Gasteiger partial charge in [-0.15, -0.1) is 0 Å². The second kappa shape index (κ2) is 7.20. The summed E-state index contributed by atoms with van der Waals surface area (Å²) in [6.07, 6.45) is 0. The van der Waals surface area contributed by atoms with Gasteiger partial charge in [-0.05, 0) is 26.0 Å². The fraction of sp³-hybridized carbons (Fsp3) is 0.444. The lowest BCUT2D eigenvalue weighted by molar-refractivity contribution is 0.382. The number of piperazine rings is 1. The van der Waals surface area contributed by atoms with Gasteiger partial charge in [0.25, 0.3) is 0 Å². The molecule has 0 atom stereocenters. The molecule has 1 fully saturated rings. The molecule has 8 heteroatoms. The zero-order valence-electron chi connectivity index (χ0n) is 15.7.